The molecule has 5 nitrogen and oxygen atoms in total. The Bertz CT molecular complexity index is 905. The molecule has 0 fully saturated rings. The lowest BCUT2D eigenvalue weighted by molar-refractivity contribution is -0.384. The average Bonchev–Trinajstić information content (AvgIpc) is 3.17. The molecule has 6 heteroatoms. The molecule has 0 aliphatic heterocycles. The highest BCUT2D eigenvalue weighted by Gasteiger charge is 2.23. The zero-order valence-electron chi connectivity index (χ0n) is 14.2. The molecular weight excluding hydrogens is 348 g/mol. The van der Waals surface area contributed by atoms with Crippen LogP contribution in [0.2, 0.25) is 0 Å². The number of ketones is 1. The van der Waals surface area contributed by atoms with E-state index >= 15 is 0 Å². The van der Waals surface area contributed by atoms with Gasteiger partial charge >= 0.3 is 0 Å². The number of nitro benzene ring substituents is 1. The molecule has 1 atom stereocenters. The number of non-ortho nitro benzene ring substituents is 1. The summed E-state index contributed by atoms with van der Waals surface area (Å²) in [6.07, 6.45) is 0. The van der Waals surface area contributed by atoms with Gasteiger partial charge in [0.25, 0.3) is 5.69 Å². The number of benzene rings is 2. The second-order valence-corrected chi connectivity index (χ2v) is 6.94. The summed E-state index contributed by atoms with van der Waals surface area (Å²) in [4.78, 5) is 24.0. The Hall–Kier alpha value is -2.99. The Morgan fingerprint density at radius 2 is 1.92 bits per heavy atom. The third-order valence-corrected chi connectivity index (χ3v) is 5.00. The van der Waals surface area contributed by atoms with Gasteiger partial charge in [-0.1, -0.05) is 35.9 Å². The van der Waals surface area contributed by atoms with Gasteiger partial charge in [0.05, 0.1) is 15.7 Å². The van der Waals surface area contributed by atoms with Crippen LogP contribution in [0.3, 0.4) is 0 Å². The number of carbonyl (C=O) groups is 1. The smallest absolute Gasteiger partial charge is 0.269 e. The number of nitro groups is 1. The van der Waals surface area contributed by atoms with Crippen molar-refractivity contribution in [2.45, 2.75) is 12.8 Å². The topological polar surface area (TPSA) is 72.2 Å². The van der Waals surface area contributed by atoms with Crippen LogP contribution in [0.1, 0.15) is 26.7 Å². The summed E-state index contributed by atoms with van der Waals surface area (Å²) < 4.78 is 0. The molecule has 1 heterocycles. The molecule has 0 radical (unpaired) electrons. The summed E-state index contributed by atoms with van der Waals surface area (Å²) in [5.41, 5.74) is 2.84. The molecule has 1 unspecified atom stereocenters. The number of nitrogens with one attached hydrogen (secondary N) is 1. The van der Waals surface area contributed by atoms with Crippen molar-refractivity contribution in [1.29, 1.82) is 0 Å². The summed E-state index contributed by atoms with van der Waals surface area (Å²) >= 11 is 1.43. The summed E-state index contributed by atoms with van der Waals surface area (Å²) in [6, 6.07) is 17.8. The van der Waals surface area contributed by atoms with Gasteiger partial charge in [0.1, 0.15) is 0 Å². The van der Waals surface area contributed by atoms with Gasteiger partial charge in [0, 0.05) is 24.4 Å². The lowest BCUT2D eigenvalue weighted by Gasteiger charge is -2.18. The zero-order valence-corrected chi connectivity index (χ0v) is 15.0. The quantitative estimate of drug-likeness (QED) is 0.361. The van der Waals surface area contributed by atoms with Crippen LogP contribution < -0.4 is 5.32 Å². The fraction of sp³-hybridized carbons (Fsp3) is 0.150. The van der Waals surface area contributed by atoms with Gasteiger partial charge in [-0.05, 0) is 36.1 Å². The number of aryl methyl sites for hydroxylation is 1. The predicted molar refractivity (Wildman–Crippen MR) is 104 cm³/mol. The number of rotatable bonds is 7. The van der Waals surface area contributed by atoms with Gasteiger partial charge < -0.3 is 5.32 Å². The van der Waals surface area contributed by atoms with E-state index in [9.17, 15) is 14.9 Å². The molecule has 2 aromatic carbocycles. The van der Waals surface area contributed by atoms with E-state index < -0.39 is 4.92 Å². The normalized spacial score (nSPS) is 11.7. The third kappa shape index (κ3) is 4.15. The van der Waals surface area contributed by atoms with Crippen LogP contribution in [0.4, 0.5) is 11.4 Å². The largest absolute Gasteiger partial charge is 0.384 e. The van der Waals surface area contributed by atoms with Crippen LogP contribution in [-0.2, 0) is 0 Å². The Balaban J connectivity index is 1.81. The zero-order chi connectivity index (χ0) is 18.5. The van der Waals surface area contributed by atoms with Crippen molar-refractivity contribution < 1.29 is 9.72 Å². The number of hydrogen-bond donors (Lipinski definition) is 1. The molecule has 1 aromatic heterocycles. The van der Waals surface area contributed by atoms with Crippen LogP contribution in [0.25, 0.3) is 0 Å². The Labute approximate surface area is 155 Å². The highest BCUT2D eigenvalue weighted by Crippen LogP contribution is 2.25. The minimum absolute atomic E-state index is 0.0421. The van der Waals surface area contributed by atoms with Gasteiger partial charge in [-0.3, -0.25) is 14.9 Å². The van der Waals surface area contributed by atoms with Crippen molar-refractivity contribution >= 4 is 28.5 Å². The number of carbonyl (C=O) groups excluding carboxylic acids is 1. The van der Waals surface area contributed by atoms with E-state index in [-0.39, 0.29) is 17.4 Å². The molecular formula is C20H18N2O3S. The molecule has 3 aromatic rings. The molecule has 1 N–H and O–H groups in total. The van der Waals surface area contributed by atoms with Crippen molar-refractivity contribution in [3.8, 4) is 0 Å². The van der Waals surface area contributed by atoms with Gasteiger partial charge in [0.2, 0.25) is 0 Å². The van der Waals surface area contributed by atoms with E-state index in [1.807, 2.05) is 48.7 Å². The van der Waals surface area contributed by atoms with Gasteiger partial charge in [-0.15, -0.1) is 11.3 Å². The van der Waals surface area contributed by atoms with Gasteiger partial charge in [0.15, 0.2) is 5.78 Å². The second kappa shape index (κ2) is 7.93. The summed E-state index contributed by atoms with van der Waals surface area (Å²) in [5.74, 6) is -0.260. The molecule has 0 bridgehead atoms. The van der Waals surface area contributed by atoms with Crippen molar-refractivity contribution in [1.82, 2.24) is 0 Å². The van der Waals surface area contributed by atoms with Gasteiger partial charge in [-0.2, -0.15) is 0 Å². The Morgan fingerprint density at radius 3 is 2.54 bits per heavy atom. The highest BCUT2D eigenvalue weighted by atomic mass is 32.1. The minimum atomic E-state index is -0.431. The average molecular weight is 366 g/mol. The van der Waals surface area contributed by atoms with E-state index in [0.29, 0.717) is 6.54 Å². The van der Waals surface area contributed by atoms with Crippen molar-refractivity contribution in [3.05, 3.63) is 92.2 Å². The van der Waals surface area contributed by atoms with Crippen molar-refractivity contribution in [3.63, 3.8) is 0 Å². The summed E-state index contributed by atoms with van der Waals surface area (Å²) in [7, 11) is 0. The van der Waals surface area contributed by atoms with E-state index in [1.54, 1.807) is 12.1 Å². The fourth-order valence-corrected chi connectivity index (χ4v) is 3.48. The standard InChI is InChI=1S/C20H18N2O3S/c1-14-4-2-5-15(12-14)18(20(23)19-6-3-11-26-19)13-21-16-7-9-17(10-8-16)22(24)25/h2-12,18,21H,13H2,1H3. The first kappa shape index (κ1) is 17.8. The number of nitrogens with zero attached hydrogens (tertiary/aromatic N) is 1. The second-order valence-electron chi connectivity index (χ2n) is 5.99. The summed E-state index contributed by atoms with van der Waals surface area (Å²) in [6.45, 7) is 2.41. The van der Waals surface area contributed by atoms with E-state index in [0.717, 1.165) is 21.7 Å². The van der Waals surface area contributed by atoms with Crippen molar-refractivity contribution in [2.24, 2.45) is 0 Å². The minimum Gasteiger partial charge on any atom is -0.384 e. The van der Waals surface area contributed by atoms with E-state index in [2.05, 4.69) is 5.32 Å². The number of Topliss-reactive ketones (excluding diaryl/α,β-unsaturated/α-hetero) is 1. The van der Waals surface area contributed by atoms with Gasteiger partial charge in [-0.25, -0.2) is 0 Å². The Morgan fingerprint density at radius 1 is 1.15 bits per heavy atom. The maximum absolute atomic E-state index is 13.0. The lowest BCUT2D eigenvalue weighted by Crippen LogP contribution is -2.21. The molecule has 26 heavy (non-hydrogen) atoms. The number of anilines is 1. The first-order chi connectivity index (χ1) is 12.5. The molecule has 3 rings (SSSR count). The van der Waals surface area contributed by atoms with Crippen LogP contribution in [0.5, 0.6) is 0 Å². The molecule has 0 aliphatic carbocycles. The maximum Gasteiger partial charge on any atom is 0.269 e. The van der Waals surface area contributed by atoms with E-state index in [1.165, 1.54) is 23.5 Å². The predicted octanol–water partition coefficient (Wildman–Crippen LogP) is 5.04. The maximum atomic E-state index is 13.0. The van der Waals surface area contributed by atoms with Crippen molar-refractivity contribution in [2.75, 3.05) is 11.9 Å². The molecule has 0 aliphatic rings. The van der Waals surface area contributed by atoms with Crippen LogP contribution in [0, 0.1) is 17.0 Å². The number of hydrogen-bond acceptors (Lipinski definition) is 5. The molecule has 0 saturated heterocycles. The number of thiophene rings is 1. The van der Waals surface area contributed by atoms with Crippen LogP contribution >= 0.6 is 11.3 Å². The van der Waals surface area contributed by atoms with Crippen LogP contribution in [0.15, 0.2) is 66.0 Å². The lowest BCUT2D eigenvalue weighted by atomic mass is 9.92. The molecule has 0 amide bonds. The van der Waals surface area contributed by atoms with E-state index in [4.69, 9.17) is 0 Å². The Kier molecular flexibility index (Phi) is 5.43. The SMILES string of the molecule is Cc1cccc(C(CNc2ccc([N+](=O)[O-])cc2)C(=O)c2cccs2)c1. The first-order valence-electron chi connectivity index (χ1n) is 8.17. The van der Waals surface area contributed by atoms with Crippen LogP contribution in [-0.4, -0.2) is 17.3 Å². The molecule has 0 saturated carbocycles. The molecule has 0 spiro atoms. The first-order valence-corrected chi connectivity index (χ1v) is 9.05. The molecule has 132 valence electrons. The summed E-state index contributed by atoms with van der Waals surface area (Å²) in [5, 5.41) is 15.9. The fourth-order valence-electron chi connectivity index (χ4n) is 2.76. The monoisotopic (exact) mass is 366 g/mol. The third-order valence-electron chi connectivity index (χ3n) is 4.11. The highest BCUT2D eigenvalue weighted by molar-refractivity contribution is 7.12.